The number of pyridine rings is 1. The lowest BCUT2D eigenvalue weighted by molar-refractivity contribution is 0.102. The lowest BCUT2D eigenvalue weighted by Gasteiger charge is -2.11. The fourth-order valence-corrected chi connectivity index (χ4v) is 2.73. The summed E-state index contributed by atoms with van der Waals surface area (Å²) in [6, 6.07) is 8.49. The second kappa shape index (κ2) is 6.76. The number of hydrogen-bond donors (Lipinski definition) is 2. The van der Waals surface area contributed by atoms with Gasteiger partial charge in [-0.05, 0) is 41.8 Å². The summed E-state index contributed by atoms with van der Waals surface area (Å²) in [5.74, 6) is 0.0858. The molecule has 2 N–H and O–H groups in total. The molecule has 0 radical (unpaired) electrons. The van der Waals surface area contributed by atoms with Gasteiger partial charge in [0.15, 0.2) is 0 Å². The van der Waals surface area contributed by atoms with Gasteiger partial charge in [0.1, 0.15) is 5.03 Å². The Balaban J connectivity index is 1.96. The molecule has 2 aromatic heterocycles. The van der Waals surface area contributed by atoms with E-state index in [4.69, 9.17) is 11.6 Å². The van der Waals surface area contributed by atoms with Crippen molar-refractivity contribution in [3.63, 3.8) is 0 Å². The van der Waals surface area contributed by atoms with Gasteiger partial charge in [-0.3, -0.25) is 4.79 Å². The molecular weight excluding hydrogens is 336 g/mol. The lowest BCUT2D eigenvalue weighted by Crippen LogP contribution is -2.14. The van der Waals surface area contributed by atoms with Crippen molar-refractivity contribution in [3.05, 3.63) is 47.1 Å². The molecule has 9 heteroatoms. The maximum Gasteiger partial charge on any atom is 0.258 e. The molecule has 2 heterocycles. The molecule has 23 heavy (non-hydrogen) atoms. The summed E-state index contributed by atoms with van der Waals surface area (Å²) in [5, 5.41) is 17.7. The predicted octanol–water partition coefficient (Wildman–Crippen LogP) is 2.89. The van der Waals surface area contributed by atoms with E-state index in [0.29, 0.717) is 32.7 Å². The minimum atomic E-state index is -0.283. The van der Waals surface area contributed by atoms with Crippen molar-refractivity contribution in [1.82, 2.24) is 25.6 Å². The zero-order valence-corrected chi connectivity index (χ0v) is 13.5. The third-order valence-electron chi connectivity index (χ3n) is 3.03. The molecule has 0 saturated heterocycles. The summed E-state index contributed by atoms with van der Waals surface area (Å²) in [6.07, 6.45) is 3.51. The SMILES string of the molecule is CSc1ncccc1C(=O)Nc1cc(Cl)ccc1-c1nn[nH]n1. The van der Waals surface area contributed by atoms with Gasteiger partial charge < -0.3 is 5.32 Å². The van der Waals surface area contributed by atoms with Crippen LogP contribution in [0, 0.1) is 0 Å². The number of tetrazole rings is 1. The van der Waals surface area contributed by atoms with Gasteiger partial charge in [-0.25, -0.2) is 4.98 Å². The van der Waals surface area contributed by atoms with Crippen LogP contribution in [-0.4, -0.2) is 37.8 Å². The standard InChI is InChI=1S/C14H11ClN6OS/c1-23-14-10(3-2-6-16-14)13(22)17-11-7-8(15)4-5-9(11)12-18-20-21-19-12/h2-7H,1H3,(H,17,22)(H,18,19,20,21). The van der Waals surface area contributed by atoms with Crippen LogP contribution in [0.1, 0.15) is 10.4 Å². The largest absolute Gasteiger partial charge is 0.321 e. The summed E-state index contributed by atoms with van der Waals surface area (Å²) in [6.45, 7) is 0. The molecule has 0 aliphatic carbocycles. The molecule has 0 aliphatic rings. The summed E-state index contributed by atoms with van der Waals surface area (Å²) >= 11 is 7.44. The van der Waals surface area contributed by atoms with Crippen LogP contribution in [-0.2, 0) is 0 Å². The topological polar surface area (TPSA) is 96.5 Å². The van der Waals surface area contributed by atoms with Gasteiger partial charge in [0, 0.05) is 16.8 Å². The number of benzene rings is 1. The molecule has 0 aliphatic heterocycles. The Morgan fingerprint density at radius 3 is 2.96 bits per heavy atom. The number of halogens is 1. The fraction of sp³-hybridized carbons (Fsp3) is 0.0714. The number of anilines is 1. The summed E-state index contributed by atoms with van der Waals surface area (Å²) in [7, 11) is 0. The van der Waals surface area contributed by atoms with Crippen LogP contribution in [0.5, 0.6) is 0 Å². The van der Waals surface area contributed by atoms with Gasteiger partial charge in [0.25, 0.3) is 5.91 Å². The number of nitrogens with one attached hydrogen (secondary N) is 2. The first-order valence-electron chi connectivity index (χ1n) is 6.53. The van der Waals surface area contributed by atoms with Crippen LogP contribution < -0.4 is 5.32 Å². The van der Waals surface area contributed by atoms with Crippen LogP contribution in [0.25, 0.3) is 11.4 Å². The first-order valence-corrected chi connectivity index (χ1v) is 8.13. The van der Waals surface area contributed by atoms with Gasteiger partial charge >= 0.3 is 0 Å². The monoisotopic (exact) mass is 346 g/mol. The van der Waals surface area contributed by atoms with Crippen LogP contribution >= 0.6 is 23.4 Å². The Morgan fingerprint density at radius 2 is 2.22 bits per heavy atom. The third kappa shape index (κ3) is 3.33. The molecule has 0 bridgehead atoms. The summed E-state index contributed by atoms with van der Waals surface area (Å²) < 4.78 is 0. The molecule has 1 aromatic carbocycles. The van der Waals surface area contributed by atoms with E-state index in [9.17, 15) is 4.79 Å². The molecule has 0 unspecified atom stereocenters. The van der Waals surface area contributed by atoms with Crippen molar-refractivity contribution >= 4 is 35.0 Å². The summed E-state index contributed by atoms with van der Waals surface area (Å²) in [5.41, 5.74) is 1.60. The Kier molecular flexibility index (Phi) is 4.54. The minimum Gasteiger partial charge on any atom is -0.321 e. The van der Waals surface area contributed by atoms with E-state index in [1.165, 1.54) is 11.8 Å². The molecule has 3 rings (SSSR count). The smallest absolute Gasteiger partial charge is 0.258 e. The molecule has 3 aromatic rings. The van der Waals surface area contributed by atoms with Gasteiger partial charge in [0.05, 0.1) is 11.3 Å². The number of aromatic amines is 1. The molecular formula is C14H11ClN6OS. The number of amides is 1. The van der Waals surface area contributed by atoms with Gasteiger partial charge in [-0.1, -0.05) is 11.6 Å². The molecule has 0 spiro atoms. The lowest BCUT2D eigenvalue weighted by atomic mass is 10.1. The van der Waals surface area contributed by atoms with Crippen LogP contribution in [0.4, 0.5) is 5.69 Å². The van der Waals surface area contributed by atoms with Crippen molar-refractivity contribution in [2.24, 2.45) is 0 Å². The van der Waals surface area contributed by atoms with E-state index in [2.05, 4.69) is 30.9 Å². The normalized spacial score (nSPS) is 10.5. The first-order chi connectivity index (χ1) is 11.2. The first kappa shape index (κ1) is 15.4. The highest BCUT2D eigenvalue weighted by Crippen LogP contribution is 2.29. The number of aromatic nitrogens is 5. The molecule has 7 nitrogen and oxygen atoms in total. The van der Waals surface area contributed by atoms with Crippen LogP contribution in [0.3, 0.4) is 0 Å². The Labute approximate surface area is 140 Å². The van der Waals surface area contributed by atoms with Gasteiger partial charge in [-0.2, -0.15) is 5.21 Å². The van der Waals surface area contributed by atoms with E-state index in [1.807, 2.05) is 6.26 Å². The van der Waals surface area contributed by atoms with E-state index in [1.54, 1.807) is 36.5 Å². The Morgan fingerprint density at radius 1 is 1.35 bits per heavy atom. The van der Waals surface area contributed by atoms with Crippen molar-refractivity contribution in [2.75, 3.05) is 11.6 Å². The van der Waals surface area contributed by atoms with Gasteiger partial charge in [-0.15, -0.1) is 22.0 Å². The fourth-order valence-electron chi connectivity index (χ4n) is 2.01. The van der Waals surface area contributed by atoms with Crippen molar-refractivity contribution < 1.29 is 4.79 Å². The molecule has 0 atom stereocenters. The van der Waals surface area contributed by atoms with Crippen molar-refractivity contribution in [3.8, 4) is 11.4 Å². The zero-order valence-electron chi connectivity index (χ0n) is 11.9. The second-order valence-electron chi connectivity index (χ2n) is 4.44. The number of hydrogen-bond acceptors (Lipinski definition) is 6. The predicted molar refractivity (Wildman–Crippen MR) is 88.6 cm³/mol. The van der Waals surface area contributed by atoms with Gasteiger partial charge in [0.2, 0.25) is 5.82 Å². The maximum atomic E-state index is 12.6. The van der Waals surface area contributed by atoms with Crippen LogP contribution in [0.2, 0.25) is 5.02 Å². The maximum absolute atomic E-state index is 12.6. The summed E-state index contributed by atoms with van der Waals surface area (Å²) in [4.78, 5) is 16.7. The molecule has 0 saturated carbocycles. The second-order valence-corrected chi connectivity index (χ2v) is 5.67. The average molecular weight is 347 g/mol. The number of thioether (sulfide) groups is 1. The Hall–Kier alpha value is -2.45. The van der Waals surface area contributed by atoms with E-state index >= 15 is 0 Å². The number of H-pyrrole nitrogens is 1. The molecule has 116 valence electrons. The average Bonchev–Trinajstić information content (AvgIpc) is 3.09. The van der Waals surface area contributed by atoms with Crippen molar-refractivity contribution in [2.45, 2.75) is 5.03 Å². The quantitative estimate of drug-likeness (QED) is 0.705. The highest BCUT2D eigenvalue weighted by molar-refractivity contribution is 7.98. The molecule has 0 fully saturated rings. The Bertz CT molecular complexity index is 839. The highest BCUT2D eigenvalue weighted by atomic mass is 35.5. The van der Waals surface area contributed by atoms with E-state index in [0.717, 1.165) is 0 Å². The highest BCUT2D eigenvalue weighted by Gasteiger charge is 2.16. The molecule has 1 amide bonds. The van der Waals surface area contributed by atoms with E-state index < -0.39 is 0 Å². The third-order valence-corrected chi connectivity index (χ3v) is 3.97. The number of carbonyl (C=O) groups is 1. The van der Waals surface area contributed by atoms with Crippen LogP contribution in [0.15, 0.2) is 41.6 Å². The number of nitrogens with zero attached hydrogens (tertiary/aromatic N) is 4. The number of rotatable bonds is 4. The minimum absolute atomic E-state index is 0.283. The van der Waals surface area contributed by atoms with E-state index in [-0.39, 0.29) is 5.91 Å². The van der Waals surface area contributed by atoms with Crippen molar-refractivity contribution in [1.29, 1.82) is 0 Å². The number of carbonyl (C=O) groups excluding carboxylic acids is 1. The zero-order chi connectivity index (χ0) is 16.2.